The van der Waals surface area contributed by atoms with Gasteiger partial charge in [-0.1, -0.05) is 32.4 Å². The van der Waals surface area contributed by atoms with Crippen LogP contribution in [-0.2, 0) is 11.3 Å². The standard InChI is InChI=1S/C20H30N4O/c1-15(2)18(25)23-17-7-5-16(6-8-17)13-22-19(21-3)24-12-11-20(14-24)9-4-10-20/h5-8,15H,4,9-14H2,1-3H3,(H,21,22)(H,23,25). The smallest absolute Gasteiger partial charge is 0.226 e. The molecule has 2 aliphatic rings. The largest absolute Gasteiger partial charge is 0.352 e. The number of hydrogen-bond donors (Lipinski definition) is 2. The zero-order valence-corrected chi connectivity index (χ0v) is 15.6. The zero-order chi connectivity index (χ0) is 17.9. The van der Waals surface area contributed by atoms with Crippen molar-refractivity contribution in [2.75, 3.05) is 25.5 Å². The third kappa shape index (κ3) is 4.14. The van der Waals surface area contributed by atoms with Gasteiger partial charge in [0.1, 0.15) is 0 Å². The highest BCUT2D eigenvalue weighted by molar-refractivity contribution is 5.92. The minimum atomic E-state index is -0.0101. The maximum Gasteiger partial charge on any atom is 0.226 e. The van der Waals surface area contributed by atoms with Crippen molar-refractivity contribution in [2.24, 2.45) is 16.3 Å². The first-order valence-corrected chi connectivity index (χ1v) is 9.37. The summed E-state index contributed by atoms with van der Waals surface area (Å²) in [6.07, 6.45) is 5.45. The van der Waals surface area contributed by atoms with Gasteiger partial charge in [-0.3, -0.25) is 9.79 Å². The molecule has 2 N–H and O–H groups in total. The molecule has 0 radical (unpaired) electrons. The first kappa shape index (κ1) is 17.8. The Kier molecular flexibility index (Phi) is 5.30. The minimum absolute atomic E-state index is 0.0101. The summed E-state index contributed by atoms with van der Waals surface area (Å²) in [5.74, 6) is 1.04. The molecule has 1 heterocycles. The molecule has 25 heavy (non-hydrogen) atoms. The van der Waals surface area contributed by atoms with Crippen molar-refractivity contribution >= 4 is 17.6 Å². The molecule has 2 fully saturated rings. The van der Waals surface area contributed by atoms with E-state index >= 15 is 0 Å². The molecule has 0 aromatic heterocycles. The van der Waals surface area contributed by atoms with Crippen LogP contribution in [0.25, 0.3) is 0 Å². The third-order valence-electron chi connectivity index (χ3n) is 5.56. The Balaban J connectivity index is 1.51. The lowest BCUT2D eigenvalue weighted by Crippen LogP contribution is -2.42. The molecule has 1 aromatic rings. The first-order chi connectivity index (χ1) is 12.0. The van der Waals surface area contributed by atoms with Gasteiger partial charge < -0.3 is 15.5 Å². The molecule has 1 aromatic carbocycles. The van der Waals surface area contributed by atoms with E-state index in [1.165, 1.54) is 31.2 Å². The third-order valence-corrected chi connectivity index (χ3v) is 5.56. The van der Waals surface area contributed by atoms with Gasteiger partial charge >= 0.3 is 0 Å². The predicted octanol–water partition coefficient (Wildman–Crippen LogP) is 3.23. The molecule has 1 amide bonds. The fourth-order valence-electron chi connectivity index (χ4n) is 3.71. The highest BCUT2D eigenvalue weighted by Gasteiger charge is 2.43. The van der Waals surface area contributed by atoms with Crippen molar-refractivity contribution in [1.82, 2.24) is 10.2 Å². The lowest BCUT2D eigenvalue weighted by atomic mass is 9.68. The highest BCUT2D eigenvalue weighted by atomic mass is 16.1. The number of carbonyl (C=O) groups excluding carboxylic acids is 1. The fraction of sp³-hybridized carbons (Fsp3) is 0.600. The van der Waals surface area contributed by atoms with Gasteiger partial charge in [-0.05, 0) is 42.4 Å². The van der Waals surface area contributed by atoms with Gasteiger partial charge in [0, 0.05) is 38.3 Å². The summed E-state index contributed by atoms with van der Waals surface area (Å²) in [6.45, 7) is 6.79. The van der Waals surface area contributed by atoms with Gasteiger partial charge in [-0.15, -0.1) is 0 Å². The van der Waals surface area contributed by atoms with Crippen molar-refractivity contribution in [2.45, 2.75) is 46.1 Å². The summed E-state index contributed by atoms with van der Waals surface area (Å²) in [7, 11) is 1.86. The van der Waals surface area contributed by atoms with Gasteiger partial charge in [0.25, 0.3) is 0 Å². The molecule has 0 atom stereocenters. The fourth-order valence-corrected chi connectivity index (χ4v) is 3.71. The van der Waals surface area contributed by atoms with E-state index in [9.17, 15) is 4.79 Å². The van der Waals surface area contributed by atoms with E-state index in [0.29, 0.717) is 5.41 Å². The number of aliphatic imine (C=N–C) groups is 1. The normalized spacial score (nSPS) is 19.2. The molecule has 136 valence electrons. The second kappa shape index (κ2) is 7.46. The Labute approximate surface area is 150 Å². The van der Waals surface area contributed by atoms with Gasteiger partial charge in [0.2, 0.25) is 5.91 Å². The van der Waals surface area contributed by atoms with Gasteiger partial charge in [-0.25, -0.2) is 0 Å². The summed E-state index contributed by atoms with van der Waals surface area (Å²) in [6, 6.07) is 8.01. The Morgan fingerprint density at radius 2 is 1.96 bits per heavy atom. The number of nitrogens with zero attached hydrogens (tertiary/aromatic N) is 2. The number of amides is 1. The van der Waals surface area contributed by atoms with E-state index < -0.39 is 0 Å². The number of rotatable bonds is 4. The number of carbonyl (C=O) groups is 1. The Bertz CT molecular complexity index is 632. The van der Waals surface area contributed by atoms with Crippen LogP contribution in [0.1, 0.15) is 45.1 Å². The number of likely N-dealkylation sites (tertiary alicyclic amines) is 1. The van der Waals surface area contributed by atoms with Crippen molar-refractivity contribution < 1.29 is 4.79 Å². The van der Waals surface area contributed by atoms with E-state index in [1.54, 1.807) is 0 Å². The van der Waals surface area contributed by atoms with E-state index in [2.05, 4.69) is 20.5 Å². The quantitative estimate of drug-likeness (QED) is 0.652. The van der Waals surface area contributed by atoms with Gasteiger partial charge in [0.05, 0.1) is 0 Å². The number of guanidine groups is 1. The monoisotopic (exact) mass is 342 g/mol. The molecule has 1 saturated carbocycles. The minimum Gasteiger partial charge on any atom is -0.352 e. The van der Waals surface area contributed by atoms with Crippen LogP contribution in [0, 0.1) is 11.3 Å². The SMILES string of the molecule is CN=C(NCc1ccc(NC(=O)C(C)C)cc1)N1CCC2(CCC2)C1. The lowest BCUT2D eigenvalue weighted by Gasteiger charge is -2.38. The summed E-state index contributed by atoms with van der Waals surface area (Å²) in [4.78, 5) is 18.6. The topological polar surface area (TPSA) is 56.7 Å². The van der Waals surface area contributed by atoms with E-state index in [-0.39, 0.29) is 11.8 Å². The number of benzene rings is 1. The van der Waals surface area contributed by atoms with E-state index in [4.69, 9.17) is 0 Å². The molecule has 5 nitrogen and oxygen atoms in total. The Morgan fingerprint density at radius 1 is 1.24 bits per heavy atom. The highest BCUT2D eigenvalue weighted by Crippen LogP contribution is 2.47. The average molecular weight is 342 g/mol. The van der Waals surface area contributed by atoms with E-state index in [1.807, 2.05) is 45.2 Å². The van der Waals surface area contributed by atoms with Crippen molar-refractivity contribution in [3.8, 4) is 0 Å². The second-order valence-corrected chi connectivity index (χ2v) is 7.77. The van der Waals surface area contributed by atoms with Crippen LogP contribution < -0.4 is 10.6 Å². The summed E-state index contributed by atoms with van der Waals surface area (Å²) in [5.41, 5.74) is 2.60. The van der Waals surface area contributed by atoms with Crippen molar-refractivity contribution in [1.29, 1.82) is 0 Å². The van der Waals surface area contributed by atoms with Crippen molar-refractivity contribution in [3.05, 3.63) is 29.8 Å². The van der Waals surface area contributed by atoms with Crippen LogP contribution in [0.3, 0.4) is 0 Å². The van der Waals surface area contributed by atoms with Gasteiger partial charge in [0.15, 0.2) is 5.96 Å². The molecule has 1 aliphatic carbocycles. The summed E-state index contributed by atoms with van der Waals surface area (Å²) >= 11 is 0. The molecular formula is C20H30N4O. The molecule has 3 rings (SSSR count). The van der Waals surface area contributed by atoms with Crippen LogP contribution in [0.15, 0.2) is 29.3 Å². The zero-order valence-electron chi connectivity index (χ0n) is 15.6. The second-order valence-electron chi connectivity index (χ2n) is 7.77. The molecule has 0 unspecified atom stereocenters. The molecule has 1 spiro atoms. The maximum atomic E-state index is 11.7. The molecule has 1 aliphatic heterocycles. The summed E-state index contributed by atoms with van der Waals surface area (Å²) in [5, 5.41) is 6.40. The molecular weight excluding hydrogens is 312 g/mol. The molecule has 1 saturated heterocycles. The first-order valence-electron chi connectivity index (χ1n) is 9.37. The predicted molar refractivity (Wildman–Crippen MR) is 103 cm³/mol. The summed E-state index contributed by atoms with van der Waals surface area (Å²) < 4.78 is 0. The van der Waals surface area contributed by atoms with Crippen LogP contribution >= 0.6 is 0 Å². The number of nitrogens with one attached hydrogen (secondary N) is 2. The van der Waals surface area contributed by atoms with Crippen molar-refractivity contribution in [3.63, 3.8) is 0 Å². The van der Waals surface area contributed by atoms with Crippen LogP contribution in [0.5, 0.6) is 0 Å². The Hall–Kier alpha value is -2.04. The van der Waals surface area contributed by atoms with Crippen LogP contribution in [-0.4, -0.2) is 36.9 Å². The average Bonchev–Trinajstić information content (AvgIpc) is 3.03. The van der Waals surface area contributed by atoms with Gasteiger partial charge in [-0.2, -0.15) is 0 Å². The Morgan fingerprint density at radius 3 is 2.48 bits per heavy atom. The lowest BCUT2D eigenvalue weighted by molar-refractivity contribution is -0.118. The van der Waals surface area contributed by atoms with E-state index in [0.717, 1.165) is 31.3 Å². The molecule has 0 bridgehead atoms. The number of anilines is 1. The maximum absolute atomic E-state index is 11.7. The van der Waals surface area contributed by atoms with Crippen LogP contribution in [0.2, 0.25) is 0 Å². The molecule has 5 heteroatoms. The number of hydrogen-bond acceptors (Lipinski definition) is 2. The van der Waals surface area contributed by atoms with Crippen LogP contribution in [0.4, 0.5) is 5.69 Å².